The first-order chi connectivity index (χ1) is 11.1. The third-order valence-corrected chi connectivity index (χ3v) is 3.89. The zero-order valence-electron chi connectivity index (χ0n) is 12.4. The van der Waals surface area contributed by atoms with Gasteiger partial charge in [0.05, 0.1) is 23.3 Å². The molecule has 0 bridgehead atoms. The van der Waals surface area contributed by atoms with Crippen LogP contribution in [0.2, 0.25) is 0 Å². The molecule has 0 unspecified atom stereocenters. The number of anilines is 2. The summed E-state index contributed by atoms with van der Waals surface area (Å²) in [4.78, 5) is 8.78. The third-order valence-electron chi connectivity index (χ3n) is 3.27. The average molecular weight is 329 g/mol. The zero-order valence-corrected chi connectivity index (χ0v) is 13.2. The molecule has 2 N–H and O–H groups in total. The summed E-state index contributed by atoms with van der Waals surface area (Å²) >= 11 is 0. The maximum Gasteiger partial charge on any atom is 0.227 e. The lowest BCUT2D eigenvalue weighted by atomic mass is 10.1. The zero-order chi connectivity index (χ0) is 16.2. The summed E-state index contributed by atoms with van der Waals surface area (Å²) in [7, 11) is -2.42. The second kappa shape index (κ2) is 6.57. The van der Waals surface area contributed by atoms with Crippen molar-refractivity contribution in [3.05, 3.63) is 54.0 Å². The Morgan fingerprint density at radius 2 is 1.96 bits per heavy atom. The number of nitrogens with zero attached hydrogens (tertiary/aromatic N) is 3. The van der Waals surface area contributed by atoms with E-state index >= 15 is 0 Å². The molecule has 0 fully saturated rings. The lowest BCUT2D eigenvalue weighted by Crippen LogP contribution is -1.99. The molecule has 0 aliphatic rings. The van der Waals surface area contributed by atoms with Crippen LogP contribution in [0.5, 0.6) is 0 Å². The lowest BCUT2D eigenvalue weighted by molar-refractivity contribution is 0.614. The third kappa shape index (κ3) is 3.72. The van der Waals surface area contributed by atoms with Crippen LogP contribution in [0, 0.1) is 6.92 Å². The minimum absolute atomic E-state index is 0.0473. The number of nitrogens with one attached hydrogen (secondary N) is 2. The predicted octanol–water partition coefficient (Wildman–Crippen LogP) is 2.03. The van der Waals surface area contributed by atoms with Crippen LogP contribution in [-0.2, 0) is 16.5 Å². The van der Waals surface area contributed by atoms with E-state index in [4.69, 9.17) is 0 Å². The lowest BCUT2D eigenvalue weighted by Gasteiger charge is -2.08. The van der Waals surface area contributed by atoms with E-state index in [0.29, 0.717) is 5.95 Å². The van der Waals surface area contributed by atoms with Crippen molar-refractivity contribution < 1.29 is 8.42 Å². The second-order valence-corrected chi connectivity index (χ2v) is 6.01. The van der Waals surface area contributed by atoms with Crippen molar-refractivity contribution in [2.45, 2.75) is 12.7 Å². The van der Waals surface area contributed by atoms with E-state index in [0.717, 1.165) is 28.1 Å². The van der Waals surface area contributed by atoms with Gasteiger partial charge in [-0.25, -0.2) is 18.4 Å². The highest BCUT2D eigenvalue weighted by Gasteiger charge is 2.08. The van der Waals surface area contributed by atoms with Crippen molar-refractivity contribution in [1.29, 1.82) is 0 Å². The number of benzene rings is 1. The summed E-state index contributed by atoms with van der Waals surface area (Å²) in [5.74, 6) is 0.518. The maximum absolute atomic E-state index is 10.8. The molecule has 1 aromatic carbocycles. The molecule has 23 heavy (non-hydrogen) atoms. The highest BCUT2D eigenvalue weighted by molar-refractivity contribution is 7.71. The van der Waals surface area contributed by atoms with Gasteiger partial charge < -0.3 is 5.32 Å². The van der Waals surface area contributed by atoms with Crippen LogP contribution >= 0.6 is 0 Å². The molecule has 2 aromatic heterocycles. The molecular formula is C15H15N5O2S. The van der Waals surface area contributed by atoms with Gasteiger partial charge in [0.1, 0.15) is 10.7 Å². The number of hydrogen-bond donors (Lipinski definition) is 3. The van der Waals surface area contributed by atoms with Crippen LogP contribution in [0.25, 0.3) is 11.3 Å². The fraction of sp³-hybridized carbons (Fsp3) is 0.133. The average Bonchev–Trinajstić information content (AvgIpc) is 3.02. The minimum Gasteiger partial charge on any atom is -0.321 e. The maximum atomic E-state index is 10.8. The molecule has 3 aromatic rings. The van der Waals surface area contributed by atoms with Crippen LogP contribution in [-0.4, -0.2) is 28.6 Å². The highest BCUT2D eigenvalue weighted by atomic mass is 32.2. The van der Waals surface area contributed by atoms with Gasteiger partial charge in [-0.1, -0.05) is 24.3 Å². The first kappa shape index (κ1) is 15.2. The topological polar surface area (TPSA) is 101 Å². The molecule has 0 radical (unpaired) electrons. The highest BCUT2D eigenvalue weighted by Crippen LogP contribution is 2.23. The van der Waals surface area contributed by atoms with Gasteiger partial charge in [-0.2, -0.15) is 5.10 Å². The quantitative estimate of drug-likeness (QED) is 0.619. The van der Waals surface area contributed by atoms with Crippen molar-refractivity contribution in [3.8, 4) is 11.3 Å². The van der Waals surface area contributed by atoms with E-state index < -0.39 is 10.7 Å². The summed E-state index contributed by atoms with van der Waals surface area (Å²) < 4.78 is 21.5. The van der Waals surface area contributed by atoms with Gasteiger partial charge >= 0.3 is 0 Å². The van der Waals surface area contributed by atoms with Crippen LogP contribution in [0.3, 0.4) is 0 Å². The van der Waals surface area contributed by atoms with Crippen LogP contribution in [0.4, 0.5) is 11.6 Å². The van der Waals surface area contributed by atoms with Crippen molar-refractivity contribution in [2.24, 2.45) is 0 Å². The van der Waals surface area contributed by atoms with E-state index in [1.165, 1.54) is 0 Å². The van der Waals surface area contributed by atoms with Gasteiger partial charge in [0.15, 0.2) is 0 Å². The van der Waals surface area contributed by atoms with Gasteiger partial charge in [0, 0.05) is 18.0 Å². The van der Waals surface area contributed by atoms with Crippen molar-refractivity contribution in [3.63, 3.8) is 0 Å². The Kier molecular flexibility index (Phi) is 4.33. The SMILES string of the molecule is Cc1cnc(Nc2cn[nH]c2)nc1-c1ccc(C[SH](=O)=O)cc1. The molecule has 0 aliphatic carbocycles. The number of aryl methyl sites for hydroxylation is 1. The summed E-state index contributed by atoms with van der Waals surface area (Å²) in [6, 6.07) is 7.33. The Morgan fingerprint density at radius 3 is 2.61 bits per heavy atom. The van der Waals surface area contributed by atoms with E-state index in [-0.39, 0.29) is 5.75 Å². The molecule has 7 nitrogen and oxygen atoms in total. The fourth-order valence-electron chi connectivity index (χ4n) is 2.16. The van der Waals surface area contributed by atoms with Crippen molar-refractivity contribution in [1.82, 2.24) is 20.2 Å². The fourth-order valence-corrected chi connectivity index (χ4v) is 2.67. The second-order valence-electron chi connectivity index (χ2n) is 5.02. The number of aromatic nitrogens is 4. The molecule has 0 aliphatic heterocycles. The number of rotatable bonds is 5. The Morgan fingerprint density at radius 1 is 1.17 bits per heavy atom. The van der Waals surface area contributed by atoms with E-state index in [9.17, 15) is 8.42 Å². The standard InChI is InChI=1S/C15H15N5O2S/c1-10-6-16-15(19-13-7-17-18-8-13)20-14(10)12-4-2-11(3-5-12)9-23(21)22/h2-8,23H,9H2,1H3,(H,17,18)(H,16,19,20). The summed E-state index contributed by atoms with van der Waals surface area (Å²) in [5.41, 5.74) is 4.17. The Labute approximate surface area is 134 Å². The van der Waals surface area contributed by atoms with Crippen molar-refractivity contribution >= 4 is 22.3 Å². The number of hydrogen-bond acceptors (Lipinski definition) is 6. The van der Waals surface area contributed by atoms with Crippen LogP contribution < -0.4 is 5.32 Å². The molecule has 0 saturated carbocycles. The van der Waals surface area contributed by atoms with E-state index in [1.54, 1.807) is 30.7 Å². The van der Waals surface area contributed by atoms with Crippen molar-refractivity contribution in [2.75, 3.05) is 5.32 Å². The number of aromatic amines is 1. The largest absolute Gasteiger partial charge is 0.321 e. The molecule has 8 heteroatoms. The monoisotopic (exact) mass is 329 g/mol. The van der Waals surface area contributed by atoms with Gasteiger partial charge in [0.2, 0.25) is 5.95 Å². The Hall–Kier alpha value is -2.74. The first-order valence-corrected chi connectivity index (χ1v) is 8.28. The predicted molar refractivity (Wildman–Crippen MR) is 88.1 cm³/mol. The summed E-state index contributed by atoms with van der Waals surface area (Å²) in [6.45, 7) is 1.93. The van der Waals surface area contributed by atoms with E-state index in [2.05, 4.69) is 25.5 Å². The molecule has 0 saturated heterocycles. The van der Waals surface area contributed by atoms with Crippen LogP contribution in [0.15, 0.2) is 42.9 Å². The normalized spacial score (nSPS) is 10.9. The molecule has 0 atom stereocenters. The first-order valence-electron chi connectivity index (χ1n) is 6.92. The minimum atomic E-state index is -2.42. The Balaban J connectivity index is 1.89. The molecule has 118 valence electrons. The molecule has 0 spiro atoms. The van der Waals surface area contributed by atoms with Gasteiger partial charge in [0.25, 0.3) is 0 Å². The van der Waals surface area contributed by atoms with Gasteiger partial charge in [-0.15, -0.1) is 0 Å². The smallest absolute Gasteiger partial charge is 0.227 e. The van der Waals surface area contributed by atoms with Crippen LogP contribution in [0.1, 0.15) is 11.1 Å². The van der Waals surface area contributed by atoms with Gasteiger partial charge in [-0.3, -0.25) is 5.10 Å². The van der Waals surface area contributed by atoms with Gasteiger partial charge in [-0.05, 0) is 18.1 Å². The molecule has 3 rings (SSSR count). The number of thiol groups is 1. The summed E-state index contributed by atoms with van der Waals surface area (Å²) in [6.07, 6.45) is 5.09. The summed E-state index contributed by atoms with van der Waals surface area (Å²) in [5, 5.41) is 9.63. The molecular weight excluding hydrogens is 314 g/mol. The Bertz CT molecular complexity index is 865. The van der Waals surface area contributed by atoms with E-state index in [1.807, 2.05) is 19.1 Å². The molecule has 0 amide bonds. The number of H-pyrrole nitrogens is 1. The molecule has 2 heterocycles.